The van der Waals surface area contributed by atoms with Gasteiger partial charge >= 0.3 is 39.4 Å². The van der Waals surface area contributed by atoms with Gasteiger partial charge in [-0.3, -0.25) is 9.69 Å². The quantitative estimate of drug-likeness (QED) is 0.283. The minimum Gasteiger partial charge on any atom is -0.465 e. The van der Waals surface area contributed by atoms with Crippen molar-refractivity contribution in [3.05, 3.63) is 29.3 Å². The molecule has 0 saturated carbocycles. The van der Waals surface area contributed by atoms with E-state index < -0.39 is 45.1 Å². The van der Waals surface area contributed by atoms with E-state index in [9.17, 15) is 52.7 Å². The van der Waals surface area contributed by atoms with E-state index in [0.717, 1.165) is 12.1 Å². The molecule has 1 saturated heterocycles. The van der Waals surface area contributed by atoms with Crippen LogP contribution in [0.1, 0.15) is 18.1 Å². The number of hydrogen-bond donors (Lipinski definition) is 0. The van der Waals surface area contributed by atoms with E-state index in [4.69, 9.17) is 4.74 Å². The average Bonchev–Trinajstić information content (AvgIpc) is 3.05. The highest BCUT2D eigenvalue weighted by atomic mass is 32.2. The van der Waals surface area contributed by atoms with Crippen LogP contribution in [0.15, 0.2) is 18.2 Å². The number of carbonyl (C=O) groups excluding carboxylic acids is 1. The summed E-state index contributed by atoms with van der Waals surface area (Å²) in [6.07, 6.45) is -6.46. The smallest absolute Gasteiger partial charge is 0.460 e. The molecule has 1 fully saturated rings. The van der Waals surface area contributed by atoms with E-state index >= 15 is 0 Å². The van der Waals surface area contributed by atoms with Crippen LogP contribution >= 0.6 is 0 Å². The van der Waals surface area contributed by atoms with Crippen LogP contribution in [-0.2, 0) is 32.5 Å². The highest BCUT2D eigenvalue weighted by Crippen LogP contribution is 2.55. The second-order valence-electron chi connectivity index (χ2n) is 8.44. The van der Waals surface area contributed by atoms with E-state index in [1.165, 1.54) is 6.07 Å². The molecule has 1 aromatic rings. The molecule has 0 atom stereocenters. The van der Waals surface area contributed by atoms with Crippen molar-refractivity contribution in [1.82, 2.24) is 4.90 Å². The monoisotopic (exact) mass is 543 g/mol. The Kier molecular flexibility index (Phi) is 6.58. The van der Waals surface area contributed by atoms with E-state index in [0.29, 0.717) is 30.6 Å². The third-order valence-electron chi connectivity index (χ3n) is 5.72. The lowest BCUT2D eigenvalue weighted by Crippen LogP contribution is -2.63. The van der Waals surface area contributed by atoms with Gasteiger partial charge in [-0.05, 0) is 43.0 Å². The molecule has 198 valence electrons. The van der Waals surface area contributed by atoms with Crippen molar-refractivity contribution in [3.63, 3.8) is 0 Å². The molecule has 2 aliphatic rings. The maximum Gasteiger partial charge on any atom is 0.460 e. The highest BCUT2D eigenvalue weighted by Gasteiger charge is 2.86. The van der Waals surface area contributed by atoms with Crippen LogP contribution in [0.2, 0.25) is 0 Å². The summed E-state index contributed by atoms with van der Waals surface area (Å²) < 4.78 is 150. The van der Waals surface area contributed by atoms with Crippen molar-refractivity contribution < 1.29 is 61.6 Å². The first kappa shape index (κ1) is 27.4. The zero-order chi connectivity index (χ0) is 26.7. The number of rotatable bonds is 8. The zero-order valence-electron chi connectivity index (χ0n) is 17.8. The van der Waals surface area contributed by atoms with Gasteiger partial charge in [0.05, 0.1) is 13.2 Å². The first-order valence-electron chi connectivity index (χ1n) is 9.92. The summed E-state index contributed by atoms with van der Waals surface area (Å²) in [6.45, 7) is 2.75. The predicted molar refractivity (Wildman–Crippen MR) is 99.8 cm³/mol. The summed E-state index contributed by atoms with van der Waals surface area (Å²) in [6, 6.07) is 2.94. The molecule has 0 radical (unpaired) electrons. The molecule has 1 heterocycles. The Bertz CT molecular complexity index is 1100. The fraction of sp³-hybridized carbons (Fsp3) is 0.632. The lowest BCUT2D eigenvalue weighted by atomic mass is 9.77. The first-order valence-corrected chi connectivity index (χ1v) is 11.3. The van der Waals surface area contributed by atoms with Gasteiger partial charge in [-0.15, -0.1) is 0 Å². The van der Waals surface area contributed by atoms with Crippen LogP contribution in [0.4, 0.5) is 39.5 Å². The molecule has 1 aliphatic carbocycles. The van der Waals surface area contributed by atoms with Gasteiger partial charge in [-0.2, -0.15) is 47.9 Å². The Hall–Kier alpha value is -2.23. The number of benzene rings is 1. The summed E-state index contributed by atoms with van der Waals surface area (Å²) >= 11 is 0. The SMILES string of the molecule is CCOC(=O)CN1CC2(Cc3ccc(OS(=O)(=O)C(F)(F)C(F)(F)C(F)(F)C(F)(F)F)cc3C2)C1. The van der Waals surface area contributed by atoms with Gasteiger partial charge in [0.2, 0.25) is 0 Å². The molecule has 0 bridgehead atoms. The molecule has 16 heteroatoms. The Morgan fingerprint density at radius 1 is 0.971 bits per heavy atom. The molecule has 35 heavy (non-hydrogen) atoms. The van der Waals surface area contributed by atoms with Crippen LogP contribution in [0, 0.1) is 5.41 Å². The topological polar surface area (TPSA) is 72.9 Å². The Morgan fingerprint density at radius 3 is 2.09 bits per heavy atom. The van der Waals surface area contributed by atoms with E-state index in [2.05, 4.69) is 4.18 Å². The molecule has 1 aromatic carbocycles. The first-order chi connectivity index (χ1) is 15.8. The molecule has 3 rings (SSSR count). The minimum absolute atomic E-state index is 0.0321. The molecular formula is C19H18F9NO5S. The maximum absolute atomic E-state index is 13.9. The summed E-state index contributed by atoms with van der Waals surface area (Å²) in [7, 11) is -7.00. The van der Waals surface area contributed by atoms with Crippen LogP contribution in [-0.4, -0.2) is 68.8 Å². The normalized spacial score (nSPS) is 18.8. The van der Waals surface area contributed by atoms with Gasteiger partial charge in [-0.25, -0.2) is 0 Å². The number of fused-ring (bicyclic) bond motifs is 1. The molecule has 0 unspecified atom stereocenters. The van der Waals surface area contributed by atoms with Crippen LogP contribution < -0.4 is 4.18 Å². The Labute approximate surface area is 193 Å². The lowest BCUT2D eigenvalue weighted by molar-refractivity contribution is -0.382. The zero-order valence-corrected chi connectivity index (χ0v) is 18.6. The van der Waals surface area contributed by atoms with Crippen molar-refractivity contribution in [3.8, 4) is 5.75 Å². The highest BCUT2D eigenvalue weighted by molar-refractivity contribution is 7.88. The number of halogens is 9. The molecule has 0 N–H and O–H groups in total. The second-order valence-corrected chi connectivity index (χ2v) is 10.0. The van der Waals surface area contributed by atoms with Gasteiger partial charge in [0.1, 0.15) is 5.75 Å². The molecular weight excluding hydrogens is 525 g/mol. The van der Waals surface area contributed by atoms with E-state index in [-0.39, 0.29) is 25.0 Å². The van der Waals surface area contributed by atoms with Gasteiger partial charge < -0.3 is 8.92 Å². The summed E-state index contributed by atoms with van der Waals surface area (Å²) in [5.74, 6) is -16.1. The lowest BCUT2D eigenvalue weighted by Gasteiger charge is -2.47. The molecule has 1 spiro atoms. The number of carbonyl (C=O) groups is 1. The third-order valence-corrected chi connectivity index (χ3v) is 7.02. The molecule has 6 nitrogen and oxygen atoms in total. The molecule has 0 amide bonds. The number of nitrogens with zero attached hydrogens (tertiary/aromatic N) is 1. The van der Waals surface area contributed by atoms with Crippen LogP contribution in [0.25, 0.3) is 0 Å². The van der Waals surface area contributed by atoms with Crippen LogP contribution in [0.3, 0.4) is 0 Å². The van der Waals surface area contributed by atoms with Crippen molar-refractivity contribution in [2.75, 3.05) is 26.2 Å². The third kappa shape index (κ3) is 4.54. The van der Waals surface area contributed by atoms with Gasteiger partial charge in [0.25, 0.3) is 0 Å². The van der Waals surface area contributed by atoms with Crippen LogP contribution in [0.5, 0.6) is 5.75 Å². The average molecular weight is 543 g/mol. The van der Waals surface area contributed by atoms with E-state index in [1.807, 2.05) is 0 Å². The standard InChI is InChI=1S/C19H18F9NO5S/c1-2-33-14(30)8-29-9-15(10-29)6-11-3-4-13(5-12(11)7-15)34-35(31,32)19(27,28)17(22,23)16(20,21)18(24,25)26/h3-5H,2,6-10H2,1H3. The van der Waals surface area contributed by atoms with Gasteiger partial charge in [0, 0.05) is 18.5 Å². The largest absolute Gasteiger partial charge is 0.465 e. The predicted octanol–water partition coefficient (Wildman–Crippen LogP) is 3.78. The summed E-state index contributed by atoms with van der Waals surface area (Å²) in [5, 5.41) is -6.93. The maximum atomic E-state index is 13.9. The van der Waals surface area contributed by atoms with Crippen molar-refractivity contribution >= 4 is 16.1 Å². The molecule has 1 aliphatic heterocycles. The fourth-order valence-electron chi connectivity index (χ4n) is 4.19. The second kappa shape index (κ2) is 8.42. The minimum atomic E-state index is -7.37. The number of likely N-dealkylation sites (tertiary alicyclic amines) is 1. The van der Waals surface area contributed by atoms with E-state index in [1.54, 1.807) is 11.8 Å². The fourth-order valence-corrected chi connectivity index (χ4v) is 5.09. The van der Waals surface area contributed by atoms with Crippen molar-refractivity contribution in [2.24, 2.45) is 5.41 Å². The van der Waals surface area contributed by atoms with Crippen molar-refractivity contribution in [2.45, 2.75) is 43.0 Å². The van der Waals surface area contributed by atoms with Crippen molar-refractivity contribution in [1.29, 1.82) is 0 Å². The number of alkyl halides is 9. The van der Waals surface area contributed by atoms with Gasteiger partial charge in [0.15, 0.2) is 0 Å². The summed E-state index contributed by atoms with van der Waals surface area (Å²) in [5.41, 5.74) is 0.633. The Morgan fingerprint density at radius 2 is 1.54 bits per heavy atom. The van der Waals surface area contributed by atoms with Gasteiger partial charge in [-0.1, -0.05) is 6.07 Å². The summed E-state index contributed by atoms with van der Waals surface area (Å²) in [4.78, 5) is 13.3. The number of hydrogen-bond acceptors (Lipinski definition) is 6. The Balaban J connectivity index is 1.74. The number of ether oxygens (including phenoxy) is 1. The molecule has 0 aromatic heterocycles. The number of esters is 1.